The normalized spacial score (nSPS) is 22.9. The maximum Gasteiger partial charge on any atom is 0.331 e. The van der Waals surface area contributed by atoms with Crippen molar-refractivity contribution in [1.29, 1.82) is 0 Å². The van der Waals surface area contributed by atoms with Crippen molar-refractivity contribution in [2.24, 2.45) is 4.99 Å². The van der Waals surface area contributed by atoms with Crippen LogP contribution >= 0.6 is 0 Å². The zero-order chi connectivity index (χ0) is 13.3. The van der Waals surface area contributed by atoms with Gasteiger partial charge in [0, 0.05) is 17.3 Å². The van der Waals surface area contributed by atoms with Crippen LogP contribution in [0.25, 0.3) is 0 Å². The number of carboxylic acids is 1. The fraction of sp³-hybridized carbons (Fsp3) is 0.385. The van der Waals surface area contributed by atoms with Crippen LogP contribution in [0.1, 0.15) is 31.7 Å². The van der Waals surface area contributed by atoms with Crippen LogP contribution in [-0.4, -0.2) is 22.3 Å². The molecule has 0 bridgehead atoms. The lowest BCUT2D eigenvalue weighted by atomic mass is 9.93. The molecule has 1 aromatic carbocycles. The van der Waals surface area contributed by atoms with Crippen molar-refractivity contribution in [1.82, 2.24) is 0 Å². The molecular formula is C13H13F2NO2. The van der Waals surface area contributed by atoms with Crippen molar-refractivity contribution >= 4 is 11.7 Å². The number of rotatable bonds is 3. The predicted molar refractivity (Wildman–Crippen MR) is 62.8 cm³/mol. The van der Waals surface area contributed by atoms with Crippen LogP contribution in [0.2, 0.25) is 0 Å². The standard InChI is InChI=1S/C13H13F2NO2/c1-2-13(12(17)18)6-5-11(16-13)9-4-3-8(14)7-10(9)15/h3-4,7H,2,5-6H2,1H3,(H,17,18). The van der Waals surface area contributed by atoms with Crippen LogP contribution < -0.4 is 0 Å². The highest BCUT2D eigenvalue weighted by Gasteiger charge is 2.41. The van der Waals surface area contributed by atoms with Crippen molar-refractivity contribution in [3.05, 3.63) is 35.4 Å². The molecule has 1 atom stereocenters. The summed E-state index contributed by atoms with van der Waals surface area (Å²) < 4.78 is 26.4. The van der Waals surface area contributed by atoms with E-state index in [1.54, 1.807) is 6.92 Å². The van der Waals surface area contributed by atoms with Gasteiger partial charge in [-0.25, -0.2) is 13.6 Å². The molecule has 0 fully saturated rings. The number of carboxylic acid groups (broad SMARTS) is 1. The Balaban J connectivity index is 2.41. The van der Waals surface area contributed by atoms with Crippen molar-refractivity contribution in [3.63, 3.8) is 0 Å². The first kappa shape index (κ1) is 12.7. The molecule has 0 aromatic heterocycles. The number of halogens is 2. The minimum absolute atomic E-state index is 0.188. The molecule has 1 heterocycles. The molecule has 96 valence electrons. The van der Waals surface area contributed by atoms with E-state index in [1.165, 1.54) is 6.07 Å². The molecule has 0 saturated heterocycles. The first-order chi connectivity index (χ1) is 8.48. The lowest BCUT2D eigenvalue weighted by molar-refractivity contribution is -0.143. The van der Waals surface area contributed by atoms with Gasteiger partial charge in [0.05, 0.1) is 0 Å². The molecule has 1 unspecified atom stereocenters. The van der Waals surface area contributed by atoms with Gasteiger partial charge in [-0.3, -0.25) is 4.99 Å². The van der Waals surface area contributed by atoms with Crippen LogP contribution in [-0.2, 0) is 4.79 Å². The van der Waals surface area contributed by atoms with Gasteiger partial charge in [-0.1, -0.05) is 6.92 Å². The maximum absolute atomic E-state index is 13.6. The number of hydrogen-bond acceptors (Lipinski definition) is 2. The number of benzene rings is 1. The second-order valence-electron chi connectivity index (χ2n) is 4.37. The van der Waals surface area contributed by atoms with E-state index >= 15 is 0 Å². The van der Waals surface area contributed by atoms with Gasteiger partial charge < -0.3 is 5.11 Å². The minimum Gasteiger partial charge on any atom is -0.479 e. The summed E-state index contributed by atoms with van der Waals surface area (Å²) in [5.74, 6) is -2.36. The molecule has 18 heavy (non-hydrogen) atoms. The molecule has 1 aromatic rings. The third-order valence-electron chi connectivity index (χ3n) is 3.35. The van der Waals surface area contributed by atoms with E-state index in [0.717, 1.165) is 12.1 Å². The first-order valence-electron chi connectivity index (χ1n) is 5.76. The van der Waals surface area contributed by atoms with Gasteiger partial charge in [-0.2, -0.15) is 0 Å². The van der Waals surface area contributed by atoms with Gasteiger partial charge >= 0.3 is 5.97 Å². The molecule has 0 amide bonds. The largest absolute Gasteiger partial charge is 0.479 e. The summed E-state index contributed by atoms with van der Waals surface area (Å²) in [5.41, 5.74) is -0.569. The topological polar surface area (TPSA) is 49.7 Å². The van der Waals surface area contributed by atoms with E-state index in [4.69, 9.17) is 0 Å². The zero-order valence-corrected chi connectivity index (χ0v) is 9.91. The van der Waals surface area contributed by atoms with E-state index in [1.807, 2.05) is 0 Å². The van der Waals surface area contributed by atoms with Crippen molar-refractivity contribution in [2.45, 2.75) is 31.7 Å². The number of aliphatic carboxylic acids is 1. The van der Waals surface area contributed by atoms with Crippen LogP contribution in [0.5, 0.6) is 0 Å². The third-order valence-corrected chi connectivity index (χ3v) is 3.35. The Labute approximate surface area is 103 Å². The lowest BCUT2D eigenvalue weighted by Crippen LogP contribution is -2.33. The SMILES string of the molecule is CCC1(C(=O)O)CCC(c2ccc(F)cc2F)=N1. The minimum atomic E-state index is -1.16. The Bertz CT molecular complexity index is 528. The van der Waals surface area contributed by atoms with Gasteiger partial charge in [0.25, 0.3) is 0 Å². The first-order valence-corrected chi connectivity index (χ1v) is 5.76. The summed E-state index contributed by atoms with van der Waals surface area (Å²) in [6.07, 6.45) is 1.10. The van der Waals surface area contributed by atoms with Crippen LogP contribution in [0, 0.1) is 11.6 Å². The molecule has 0 aliphatic carbocycles. The number of aliphatic imine (C=N–C) groups is 1. The Hall–Kier alpha value is -1.78. The van der Waals surface area contributed by atoms with E-state index in [9.17, 15) is 18.7 Å². The fourth-order valence-corrected chi connectivity index (χ4v) is 2.18. The average molecular weight is 253 g/mol. The Morgan fingerprint density at radius 2 is 2.22 bits per heavy atom. The molecular weight excluding hydrogens is 240 g/mol. The molecule has 2 rings (SSSR count). The molecule has 0 saturated carbocycles. The highest BCUT2D eigenvalue weighted by molar-refractivity contribution is 6.04. The van der Waals surface area contributed by atoms with E-state index in [2.05, 4.69) is 4.99 Å². The maximum atomic E-state index is 13.6. The smallest absolute Gasteiger partial charge is 0.331 e. The molecule has 5 heteroatoms. The van der Waals surface area contributed by atoms with Crippen LogP contribution in [0.4, 0.5) is 8.78 Å². The van der Waals surface area contributed by atoms with E-state index in [0.29, 0.717) is 25.0 Å². The zero-order valence-electron chi connectivity index (χ0n) is 9.91. The molecule has 0 spiro atoms. The number of carbonyl (C=O) groups is 1. The Morgan fingerprint density at radius 1 is 1.50 bits per heavy atom. The molecule has 1 aliphatic heterocycles. The molecule has 3 nitrogen and oxygen atoms in total. The second kappa shape index (κ2) is 4.48. The number of nitrogens with zero attached hydrogens (tertiary/aromatic N) is 1. The van der Waals surface area contributed by atoms with Gasteiger partial charge in [0.15, 0.2) is 5.54 Å². The summed E-state index contributed by atoms with van der Waals surface area (Å²) >= 11 is 0. The van der Waals surface area contributed by atoms with Crippen molar-refractivity contribution in [3.8, 4) is 0 Å². The summed E-state index contributed by atoms with van der Waals surface area (Å²) in [6, 6.07) is 3.23. The summed E-state index contributed by atoms with van der Waals surface area (Å²) in [5, 5.41) is 9.18. The van der Waals surface area contributed by atoms with E-state index < -0.39 is 23.1 Å². The summed E-state index contributed by atoms with van der Waals surface area (Å²) in [4.78, 5) is 15.4. The lowest BCUT2D eigenvalue weighted by Gasteiger charge is -2.17. The fourth-order valence-electron chi connectivity index (χ4n) is 2.18. The molecule has 1 aliphatic rings. The van der Waals surface area contributed by atoms with Gasteiger partial charge in [-0.05, 0) is 31.4 Å². The summed E-state index contributed by atoms with van der Waals surface area (Å²) in [6.45, 7) is 1.74. The Kier molecular flexibility index (Phi) is 3.15. The van der Waals surface area contributed by atoms with Gasteiger partial charge in [-0.15, -0.1) is 0 Å². The van der Waals surface area contributed by atoms with Crippen molar-refractivity contribution in [2.75, 3.05) is 0 Å². The van der Waals surface area contributed by atoms with E-state index in [-0.39, 0.29) is 5.56 Å². The average Bonchev–Trinajstić information content (AvgIpc) is 2.74. The highest BCUT2D eigenvalue weighted by Crippen LogP contribution is 2.32. The summed E-state index contributed by atoms with van der Waals surface area (Å²) in [7, 11) is 0. The van der Waals surface area contributed by atoms with Gasteiger partial charge in [0.1, 0.15) is 11.6 Å². The predicted octanol–water partition coefficient (Wildman–Crippen LogP) is 2.78. The van der Waals surface area contributed by atoms with Gasteiger partial charge in [0.2, 0.25) is 0 Å². The number of hydrogen-bond donors (Lipinski definition) is 1. The molecule has 1 N–H and O–H groups in total. The van der Waals surface area contributed by atoms with Crippen molar-refractivity contribution < 1.29 is 18.7 Å². The molecule has 0 radical (unpaired) electrons. The quantitative estimate of drug-likeness (QED) is 0.900. The monoisotopic (exact) mass is 253 g/mol. The third kappa shape index (κ3) is 2.00. The van der Waals surface area contributed by atoms with Crippen LogP contribution in [0.3, 0.4) is 0 Å². The Morgan fingerprint density at radius 3 is 2.72 bits per heavy atom. The highest BCUT2D eigenvalue weighted by atomic mass is 19.1. The van der Waals surface area contributed by atoms with Crippen LogP contribution in [0.15, 0.2) is 23.2 Å². The second-order valence-corrected chi connectivity index (χ2v) is 4.37.